The van der Waals surface area contributed by atoms with Crippen molar-refractivity contribution in [2.75, 3.05) is 19.5 Å². The standard InChI is InChI=1S/C12H15N3O2S/c1-8(14-12-15-13-7-18-12)10-6-9(16-2)4-5-11(10)17-3/h4-8H,1-3H3,(H,14,15). The van der Waals surface area contributed by atoms with E-state index in [0.29, 0.717) is 0 Å². The summed E-state index contributed by atoms with van der Waals surface area (Å²) in [7, 11) is 3.30. The third-order valence-electron chi connectivity index (χ3n) is 2.60. The fraction of sp³-hybridized carbons (Fsp3) is 0.333. The largest absolute Gasteiger partial charge is 0.497 e. The summed E-state index contributed by atoms with van der Waals surface area (Å²) in [4.78, 5) is 0. The molecule has 0 spiro atoms. The summed E-state index contributed by atoms with van der Waals surface area (Å²) in [5.74, 6) is 1.62. The van der Waals surface area contributed by atoms with Gasteiger partial charge >= 0.3 is 0 Å². The summed E-state index contributed by atoms with van der Waals surface area (Å²) in [6.45, 7) is 2.04. The molecule has 1 aromatic carbocycles. The maximum absolute atomic E-state index is 5.36. The third-order valence-corrected chi connectivity index (χ3v) is 3.23. The highest BCUT2D eigenvalue weighted by atomic mass is 32.1. The van der Waals surface area contributed by atoms with Gasteiger partial charge in [0, 0.05) is 5.56 Å². The molecule has 1 aromatic heterocycles. The lowest BCUT2D eigenvalue weighted by Crippen LogP contribution is -2.08. The van der Waals surface area contributed by atoms with Crippen molar-refractivity contribution in [3.05, 3.63) is 29.3 Å². The van der Waals surface area contributed by atoms with E-state index in [-0.39, 0.29) is 6.04 Å². The first-order chi connectivity index (χ1) is 8.74. The van der Waals surface area contributed by atoms with E-state index < -0.39 is 0 Å². The average Bonchev–Trinajstić information content (AvgIpc) is 2.90. The molecule has 6 heteroatoms. The van der Waals surface area contributed by atoms with Crippen molar-refractivity contribution in [1.82, 2.24) is 10.2 Å². The average molecular weight is 265 g/mol. The van der Waals surface area contributed by atoms with Crippen LogP contribution in [0.1, 0.15) is 18.5 Å². The first kappa shape index (κ1) is 12.6. The smallest absolute Gasteiger partial charge is 0.205 e. The Bertz CT molecular complexity index is 502. The fourth-order valence-electron chi connectivity index (χ4n) is 1.68. The Balaban J connectivity index is 2.24. The van der Waals surface area contributed by atoms with Gasteiger partial charge in [0.2, 0.25) is 5.13 Å². The van der Waals surface area contributed by atoms with Crippen LogP contribution >= 0.6 is 11.3 Å². The molecule has 0 aliphatic carbocycles. The van der Waals surface area contributed by atoms with E-state index in [2.05, 4.69) is 15.5 Å². The van der Waals surface area contributed by atoms with Gasteiger partial charge < -0.3 is 14.8 Å². The van der Waals surface area contributed by atoms with Crippen molar-refractivity contribution in [3.8, 4) is 11.5 Å². The maximum Gasteiger partial charge on any atom is 0.205 e. The molecule has 18 heavy (non-hydrogen) atoms. The molecule has 2 rings (SSSR count). The van der Waals surface area contributed by atoms with Gasteiger partial charge in [0.1, 0.15) is 17.0 Å². The molecule has 0 aliphatic rings. The van der Waals surface area contributed by atoms with Gasteiger partial charge in [-0.1, -0.05) is 11.3 Å². The number of rotatable bonds is 5. The zero-order chi connectivity index (χ0) is 13.0. The molecule has 0 saturated carbocycles. The molecule has 1 heterocycles. The van der Waals surface area contributed by atoms with Crippen LogP contribution in [0, 0.1) is 0 Å². The molecule has 0 radical (unpaired) electrons. The number of hydrogen-bond acceptors (Lipinski definition) is 6. The summed E-state index contributed by atoms with van der Waals surface area (Å²) >= 11 is 1.46. The van der Waals surface area contributed by atoms with Crippen molar-refractivity contribution in [2.24, 2.45) is 0 Å². The molecule has 0 aliphatic heterocycles. The molecule has 5 nitrogen and oxygen atoms in total. The summed E-state index contributed by atoms with van der Waals surface area (Å²) in [6, 6.07) is 5.78. The van der Waals surface area contributed by atoms with Crippen LogP contribution in [0.2, 0.25) is 0 Å². The lowest BCUT2D eigenvalue weighted by molar-refractivity contribution is 0.397. The highest BCUT2D eigenvalue weighted by Gasteiger charge is 2.13. The van der Waals surface area contributed by atoms with Gasteiger partial charge in [-0.05, 0) is 25.1 Å². The molecule has 0 fully saturated rings. The molecule has 2 aromatic rings. The van der Waals surface area contributed by atoms with Crippen LogP contribution in [0.15, 0.2) is 23.7 Å². The lowest BCUT2D eigenvalue weighted by Gasteiger charge is -2.17. The minimum Gasteiger partial charge on any atom is -0.497 e. The van der Waals surface area contributed by atoms with Gasteiger partial charge in [-0.15, -0.1) is 10.2 Å². The van der Waals surface area contributed by atoms with Gasteiger partial charge in [0.25, 0.3) is 0 Å². The quantitative estimate of drug-likeness (QED) is 0.900. The number of hydrogen-bond donors (Lipinski definition) is 1. The van der Waals surface area contributed by atoms with Crippen LogP contribution < -0.4 is 14.8 Å². The van der Waals surface area contributed by atoms with Gasteiger partial charge in [-0.25, -0.2) is 0 Å². The van der Waals surface area contributed by atoms with E-state index in [4.69, 9.17) is 9.47 Å². The summed E-state index contributed by atoms with van der Waals surface area (Å²) < 4.78 is 10.6. The lowest BCUT2D eigenvalue weighted by atomic mass is 10.1. The Morgan fingerprint density at radius 1 is 1.28 bits per heavy atom. The highest BCUT2D eigenvalue weighted by Crippen LogP contribution is 2.31. The second-order valence-corrected chi connectivity index (χ2v) is 4.55. The fourth-order valence-corrected chi connectivity index (χ4v) is 2.21. The third kappa shape index (κ3) is 2.70. The van der Waals surface area contributed by atoms with E-state index >= 15 is 0 Å². The monoisotopic (exact) mass is 265 g/mol. The highest BCUT2D eigenvalue weighted by molar-refractivity contribution is 7.13. The Morgan fingerprint density at radius 3 is 2.72 bits per heavy atom. The SMILES string of the molecule is COc1ccc(OC)c(C(C)Nc2nncs2)c1. The van der Waals surface area contributed by atoms with Crippen LogP contribution in [0.4, 0.5) is 5.13 Å². The Morgan fingerprint density at radius 2 is 2.11 bits per heavy atom. The number of ether oxygens (including phenoxy) is 2. The van der Waals surface area contributed by atoms with Crippen LogP contribution in [0.5, 0.6) is 11.5 Å². The summed E-state index contributed by atoms with van der Waals surface area (Å²) in [5.41, 5.74) is 2.71. The summed E-state index contributed by atoms with van der Waals surface area (Å²) in [5, 5.41) is 11.8. The van der Waals surface area contributed by atoms with Crippen molar-refractivity contribution in [3.63, 3.8) is 0 Å². The molecule has 1 unspecified atom stereocenters. The minimum atomic E-state index is 0.0583. The van der Waals surface area contributed by atoms with Gasteiger partial charge in [-0.2, -0.15) is 0 Å². The number of benzene rings is 1. The number of anilines is 1. The zero-order valence-corrected chi connectivity index (χ0v) is 11.3. The Hall–Kier alpha value is -1.82. The van der Waals surface area contributed by atoms with Gasteiger partial charge in [0.15, 0.2) is 0 Å². The van der Waals surface area contributed by atoms with Crippen LogP contribution in [-0.2, 0) is 0 Å². The Kier molecular flexibility index (Phi) is 3.99. The second-order valence-electron chi connectivity index (χ2n) is 3.72. The second kappa shape index (κ2) is 5.68. The first-order valence-corrected chi connectivity index (χ1v) is 6.37. The maximum atomic E-state index is 5.36. The summed E-state index contributed by atoms with van der Waals surface area (Å²) in [6.07, 6.45) is 0. The first-order valence-electron chi connectivity index (χ1n) is 5.49. The van der Waals surface area contributed by atoms with Crippen LogP contribution in [0.25, 0.3) is 0 Å². The van der Waals surface area contributed by atoms with Crippen molar-refractivity contribution in [2.45, 2.75) is 13.0 Å². The Labute approximate surface area is 110 Å². The molecule has 0 amide bonds. The molecule has 1 N–H and O–H groups in total. The molecule has 96 valence electrons. The normalized spacial score (nSPS) is 11.9. The van der Waals surface area contributed by atoms with Crippen LogP contribution in [0.3, 0.4) is 0 Å². The topological polar surface area (TPSA) is 56.3 Å². The molecule has 0 bridgehead atoms. The van der Waals surface area contributed by atoms with Crippen molar-refractivity contribution < 1.29 is 9.47 Å². The zero-order valence-electron chi connectivity index (χ0n) is 10.5. The van der Waals surface area contributed by atoms with Gasteiger partial charge in [-0.3, -0.25) is 0 Å². The van der Waals surface area contributed by atoms with E-state index in [1.165, 1.54) is 11.3 Å². The molecular weight excluding hydrogens is 250 g/mol. The van der Waals surface area contributed by atoms with E-state index in [1.54, 1.807) is 19.7 Å². The van der Waals surface area contributed by atoms with E-state index in [0.717, 1.165) is 22.2 Å². The van der Waals surface area contributed by atoms with Crippen molar-refractivity contribution in [1.29, 1.82) is 0 Å². The number of aromatic nitrogens is 2. The van der Waals surface area contributed by atoms with E-state index in [1.807, 2.05) is 25.1 Å². The van der Waals surface area contributed by atoms with Crippen molar-refractivity contribution >= 4 is 16.5 Å². The van der Waals surface area contributed by atoms with Gasteiger partial charge in [0.05, 0.1) is 20.3 Å². The number of methoxy groups -OCH3 is 2. The molecule has 0 saturated heterocycles. The number of nitrogens with zero attached hydrogens (tertiary/aromatic N) is 2. The minimum absolute atomic E-state index is 0.0583. The predicted octanol–water partition coefficient (Wildman–Crippen LogP) is 2.73. The van der Waals surface area contributed by atoms with E-state index in [9.17, 15) is 0 Å². The predicted molar refractivity (Wildman–Crippen MR) is 71.5 cm³/mol. The molecular formula is C12H15N3O2S. The number of nitrogens with one attached hydrogen (secondary N) is 1. The van der Waals surface area contributed by atoms with Crippen LogP contribution in [-0.4, -0.2) is 24.4 Å². The molecule has 1 atom stereocenters.